The van der Waals surface area contributed by atoms with Crippen molar-refractivity contribution < 1.29 is 14.3 Å². The van der Waals surface area contributed by atoms with Gasteiger partial charge in [-0.1, -0.05) is 12.1 Å². The fourth-order valence-corrected chi connectivity index (χ4v) is 3.64. The van der Waals surface area contributed by atoms with Crippen molar-refractivity contribution in [3.63, 3.8) is 0 Å². The van der Waals surface area contributed by atoms with Crippen molar-refractivity contribution in [2.75, 3.05) is 21.3 Å². The van der Waals surface area contributed by atoms with Crippen LogP contribution < -0.4 is 9.47 Å². The predicted octanol–water partition coefficient (Wildman–Crippen LogP) is 4.15. The monoisotopic (exact) mass is 356 g/mol. The molecular weight excluding hydrogens is 336 g/mol. The lowest BCUT2D eigenvalue weighted by atomic mass is 10.1. The molecule has 5 nitrogen and oxygen atoms in total. The highest BCUT2D eigenvalue weighted by atomic mass is 32.1. The van der Waals surface area contributed by atoms with Crippen LogP contribution in [0.3, 0.4) is 0 Å². The van der Waals surface area contributed by atoms with Gasteiger partial charge in [-0.25, -0.2) is 4.98 Å². The Hall–Kier alpha value is -2.60. The van der Waals surface area contributed by atoms with Crippen LogP contribution in [0.1, 0.15) is 28.3 Å². The lowest BCUT2D eigenvalue weighted by molar-refractivity contribution is 0.0739. The molecule has 0 saturated heterocycles. The van der Waals surface area contributed by atoms with Gasteiger partial charge in [-0.3, -0.25) is 4.79 Å². The number of aromatic nitrogens is 1. The molecule has 0 saturated carbocycles. The fraction of sp³-hybridized carbons (Fsp3) is 0.263. The third kappa shape index (κ3) is 3.30. The molecule has 3 rings (SSSR count). The number of fused-ring (bicyclic) bond motifs is 1. The van der Waals surface area contributed by atoms with Crippen molar-refractivity contribution in [2.24, 2.45) is 0 Å². The van der Waals surface area contributed by atoms with E-state index in [4.69, 9.17) is 9.47 Å². The highest BCUT2D eigenvalue weighted by molar-refractivity contribution is 7.18. The number of amides is 1. The zero-order valence-corrected chi connectivity index (χ0v) is 15.5. The Morgan fingerprint density at radius 3 is 2.60 bits per heavy atom. The summed E-state index contributed by atoms with van der Waals surface area (Å²) in [6.45, 7) is 1.98. The first-order chi connectivity index (χ1) is 12.0. The van der Waals surface area contributed by atoms with E-state index in [2.05, 4.69) is 4.98 Å². The van der Waals surface area contributed by atoms with Crippen LogP contribution in [0.5, 0.6) is 11.5 Å². The van der Waals surface area contributed by atoms with E-state index in [1.54, 1.807) is 55.7 Å². The molecule has 1 heterocycles. The number of ether oxygens (including phenoxy) is 2. The second-order valence-electron chi connectivity index (χ2n) is 5.68. The SMILES string of the molecule is COc1ccc(C(=O)N(C)[C@@H](C)c2nc3ccccc3s2)c(OC)c1. The maximum absolute atomic E-state index is 12.9. The van der Waals surface area contributed by atoms with Crippen LogP contribution >= 0.6 is 11.3 Å². The van der Waals surface area contributed by atoms with Crippen LogP contribution in [-0.4, -0.2) is 37.1 Å². The zero-order valence-electron chi connectivity index (χ0n) is 14.6. The number of carbonyl (C=O) groups excluding carboxylic acids is 1. The first-order valence-electron chi connectivity index (χ1n) is 7.89. The van der Waals surface area contributed by atoms with Gasteiger partial charge < -0.3 is 14.4 Å². The third-order valence-electron chi connectivity index (χ3n) is 4.21. The number of rotatable bonds is 5. The molecule has 0 radical (unpaired) electrons. The lowest BCUT2D eigenvalue weighted by Gasteiger charge is -2.24. The molecule has 2 aromatic carbocycles. The standard InChI is InChI=1S/C19H20N2O3S/c1-12(18-20-15-7-5-6-8-17(15)25-18)21(2)19(22)14-10-9-13(23-3)11-16(14)24-4/h5-12H,1-4H3/t12-/m0/s1. The normalized spacial score (nSPS) is 12.0. The number of thiazole rings is 1. The van der Waals surface area contributed by atoms with Crippen LogP contribution in [0.4, 0.5) is 0 Å². The molecule has 0 aliphatic carbocycles. The zero-order chi connectivity index (χ0) is 18.0. The molecule has 0 spiro atoms. The first-order valence-corrected chi connectivity index (χ1v) is 8.71. The van der Waals surface area contributed by atoms with Gasteiger partial charge >= 0.3 is 0 Å². The van der Waals surface area contributed by atoms with Gasteiger partial charge in [-0.15, -0.1) is 11.3 Å². The summed E-state index contributed by atoms with van der Waals surface area (Å²) >= 11 is 1.61. The Morgan fingerprint density at radius 2 is 1.92 bits per heavy atom. The predicted molar refractivity (Wildman–Crippen MR) is 99.7 cm³/mol. The van der Waals surface area contributed by atoms with Crippen molar-refractivity contribution in [2.45, 2.75) is 13.0 Å². The number of para-hydroxylation sites is 1. The Labute approximate surface area is 150 Å². The van der Waals surface area contributed by atoms with Crippen molar-refractivity contribution in [3.05, 3.63) is 53.0 Å². The van der Waals surface area contributed by atoms with E-state index >= 15 is 0 Å². The second kappa shape index (κ2) is 7.11. The maximum Gasteiger partial charge on any atom is 0.257 e. The smallest absolute Gasteiger partial charge is 0.257 e. The van der Waals surface area contributed by atoms with Gasteiger partial charge in [0, 0.05) is 13.1 Å². The summed E-state index contributed by atoms with van der Waals surface area (Å²) in [5.41, 5.74) is 1.45. The van der Waals surface area contributed by atoms with Gasteiger partial charge in [0.2, 0.25) is 0 Å². The molecule has 0 fully saturated rings. The fourth-order valence-electron chi connectivity index (χ4n) is 2.58. The molecule has 25 heavy (non-hydrogen) atoms. The summed E-state index contributed by atoms with van der Waals surface area (Å²) in [6, 6.07) is 13.0. The maximum atomic E-state index is 12.9. The summed E-state index contributed by atoms with van der Waals surface area (Å²) in [5, 5.41) is 0.907. The number of carbonyl (C=O) groups is 1. The van der Waals surface area contributed by atoms with E-state index < -0.39 is 0 Å². The number of hydrogen-bond donors (Lipinski definition) is 0. The number of methoxy groups -OCH3 is 2. The van der Waals surface area contributed by atoms with Gasteiger partial charge in [0.25, 0.3) is 5.91 Å². The Balaban J connectivity index is 1.88. The molecule has 1 amide bonds. The molecule has 0 aliphatic heterocycles. The molecule has 1 aromatic heterocycles. The van der Waals surface area contributed by atoms with Gasteiger partial charge in [0.15, 0.2) is 0 Å². The van der Waals surface area contributed by atoms with E-state index in [0.717, 1.165) is 15.2 Å². The average Bonchev–Trinajstić information content (AvgIpc) is 3.09. The minimum atomic E-state index is -0.142. The molecule has 0 N–H and O–H groups in total. The summed E-state index contributed by atoms with van der Waals surface area (Å²) in [7, 11) is 4.91. The third-order valence-corrected chi connectivity index (χ3v) is 5.41. The molecule has 6 heteroatoms. The summed E-state index contributed by atoms with van der Waals surface area (Å²) < 4.78 is 11.7. The summed E-state index contributed by atoms with van der Waals surface area (Å²) in [4.78, 5) is 19.3. The van der Waals surface area contributed by atoms with Crippen molar-refractivity contribution in [3.8, 4) is 11.5 Å². The second-order valence-corrected chi connectivity index (χ2v) is 6.74. The summed E-state index contributed by atoms with van der Waals surface area (Å²) in [5.74, 6) is 1.02. The molecular formula is C19H20N2O3S. The highest BCUT2D eigenvalue weighted by Crippen LogP contribution is 2.31. The van der Waals surface area contributed by atoms with Crippen molar-refractivity contribution >= 4 is 27.5 Å². The first kappa shape index (κ1) is 17.2. The lowest BCUT2D eigenvalue weighted by Crippen LogP contribution is -2.29. The van der Waals surface area contributed by atoms with Gasteiger partial charge in [-0.2, -0.15) is 0 Å². The average molecular weight is 356 g/mol. The van der Waals surface area contributed by atoms with E-state index in [1.807, 2.05) is 31.2 Å². The highest BCUT2D eigenvalue weighted by Gasteiger charge is 2.24. The minimum Gasteiger partial charge on any atom is -0.497 e. The van der Waals surface area contributed by atoms with Crippen LogP contribution in [0, 0.1) is 0 Å². The summed E-state index contributed by atoms with van der Waals surface area (Å²) in [6.07, 6.45) is 0. The van der Waals surface area contributed by atoms with Crippen LogP contribution in [0.15, 0.2) is 42.5 Å². The molecule has 3 aromatic rings. The quantitative estimate of drug-likeness (QED) is 0.689. The largest absolute Gasteiger partial charge is 0.497 e. The molecule has 0 unspecified atom stereocenters. The minimum absolute atomic E-state index is 0.119. The number of hydrogen-bond acceptors (Lipinski definition) is 5. The molecule has 0 bridgehead atoms. The van der Waals surface area contributed by atoms with Crippen LogP contribution in [0.2, 0.25) is 0 Å². The Morgan fingerprint density at radius 1 is 1.16 bits per heavy atom. The molecule has 0 aliphatic rings. The topological polar surface area (TPSA) is 51.7 Å². The van der Waals surface area contributed by atoms with E-state index in [9.17, 15) is 4.79 Å². The molecule has 130 valence electrons. The Bertz CT molecular complexity index is 874. The van der Waals surface area contributed by atoms with Gasteiger partial charge in [-0.05, 0) is 31.2 Å². The molecule has 1 atom stereocenters. The van der Waals surface area contributed by atoms with Gasteiger partial charge in [0.05, 0.1) is 36.0 Å². The van der Waals surface area contributed by atoms with Gasteiger partial charge in [0.1, 0.15) is 16.5 Å². The van der Waals surface area contributed by atoms with Crippen LogP contribution in [-0.2, 0) is 0 Å². The van der Waals surface area contributed by atoms with E-state index in [1.165, 1.54) is 0 Å². The van der Waals surface area contributed by atoms with Crippen LogP contribution in [0.25, 0.3) is 10.2 Å². The van der Waals surface area contributed by atoms with E-state index in [0.29, 0.717) is 17.1 Å². The van der Waals surface area contributed by atoms with Crippen molar-refractivity contribution in [1.29, 1.82) is 0 Å². The van der Waals surface area contributed by atoms with E-state index in [-0.39, 0.29) is 11.9 Å². The number of nitrogens with zero attached hydrogens (tertiary/aromatic N) is 2. The number of benzene rings is 2. The Kier molecular flexibility index (Phi) is 4.90. The van der Waals surface area contributed by atoms with Crippen molar-refractivity contribution in [1.82, 2.24) is 9.88 Å².